The quantitative estimate of drug-likeness (QED) is 0.719. The molecule has 0 aliphatic carbocycles. The number of methoxy groups -OCH3 is 1. The van der Waals surface area contributed by atoms with Crippen molar-refractivity contribution in [3.63, 3.8) is 0 Å². The lowest BCUT2D eigenvalue weighted by Crippen LogP contribution is -2.29. The highest BCUT2D eigenvalue weighted by Crippen LogP contribution is 2.25. The van der Waals surface area contributed by atoms with Crippen LogP contribution in [0.15, 0.2) is 21.5 Å². The molecular formula is C13H15BrF2N4O3S. The topological polar surface area (TPSA) is 86.1 Å². The Morgan fingerprint density at radius 3 is 2.58 bits per heavy atom. The lowest BCUT2D eigenvalue weighted by atomic mass is 10.3. The summed E-state index contributed by atoms with van der Waals surface area (Å²) in [5.41, 5.74) is 0. The molecule has 0 radical (unpaired) electrons. The largest absolute Gasteiger partial charge is 0.467 e. The van der Waals surface area contributed by atoms with Crippen LogP contribution in [0.25, 0.3) is 0 Å². The first-order chi connectivity index (χ1) is 11.2. The van der Waals surface area contributed by atoms with Crippen molar-refractivity contribution in [2.45, 2.75) is 31.3 Å². The third-order valence-electron chi connectivity index (χ3n) is 3.23. The van der Waals surface area contributed by atoms with Gasteiger partial charge in [-0.1, -0.05) is 5.10 Å². The van der Waals surface area contributed by atoms with Crippen molar-refractivity contribution in [3.05, 3.63) is 34.1 Å². The maximum atomic E-state index is 13.9. The van der Waals surface area contributed by atoms with E-state index in [1.807, 2.05) is 0 Å². The van der Waals surface area contributed by atoms with Gasteiger partial charge in [-0.3, -0.25) is 4.57 Å². The zero-order valence-electron chi connectivity index (χ0n) is 13.0. The summed E-state index contributed by atoms with van der Waals surface area (Å²) in [7, 11) is -2.90. The van der Waals surface area contributed by atoms with Gasteiger partial charge in [0.05, 0.1) is 17.6 Å². The zero-order valence-corrected chi connectivity index (χ0v) is 15.5. The van der Waals surface area contributed by atoms with Gasteiger partial charge in [0.1, 0.15) is 16.5 Å². The van der Waals surface area contributed by atoms with E-state index in [2.05, 4.69) is 30.8 Å². The van der Waals surface area contributed by atoms with Crippen molar-refractivity contribution in [1.82, 2.24) is 19.5 Å². The summed E-state index contributed by atoms with van der Waals surface area (Å²) in [5, 5.41) is 7.66. The van der Waals surface area contributed by atoms with Crippen molar-refractivity contribution in [3.8, 4) is 6.01 Å². The van der Waals surface area contributed by atoms with Gasteiger partial charge in [-0.15, -0.1) is 5.10 Å². The molecule has 0 aliphatic rings. The van der Waals surface area contributed by atoms with Gasteiger partial charge < -0.3 is 4.74 Å². The van der Waals surface area contributed by atoms with Gasteiger partial charge in [-0.25, -0.2) is 21.9 Å². The molecule has 0 fully saturated rings. The third-order valence-corrected chi connectivity index (χ3v) is 5.39. The summed E-state index contributed by atoms with van der Waals surface area (Å²) in [5.74, 6) is -1.67. The first-order valence-corrected chi connectivity index (χ1v) is 9.12. The van der Waals surface area contributed by atoms with Crippen LogP contribution in [0.4, 0.5) is 8.78 Å². The van der Waals surface area contributed by atoms with Gasteiger partial charge >= 0.3 is 6.01 Å². The molecule has 7 nitrogen and oxygen atoms in total. The second-order valence-electron chi connectivity index (χ2n) is 4.83. The van der Waals surface area contributed by atoms with Crippen molar-refractivity contribution < 1.29 is 21.9 Å². The van der Waals surface area contributed by atoms with Crippen LogP contribution < -0.4 is 9.46 Å². The van der Waals surface area contributed by atoms with Crippen LogP contribution in [0, 0.1) is 11.6 Å². The maximum Gasteiger partial charge on any atom is 0.316 e. The molecule has 1 aromatic heterocycles. The van der Waals surface area contributed by atoms with E-state index in [0.717, 1.165) is 6.07 Å². The molecular weight excluding hydrogens is 410 g/mol. The summed E-state index contributed by atoms with van der Waals surface area (Å²) in [6, 6.07) is 0.753. The molecule has 0 saturated carbocycles. The second-order valence-corrected chi connectivity index (χ2v) is 7.37. The van der Waals surface area contributed by atoms with Crippen LogP contribution in [0.5, 0.6) is 6.01 Å². The minimum atomic E-state index is -4.31. The van der Waals surface area contributed by atoms with Crippen LogP contribution in [0.3, 0.4) is 0 Å². The van der Waals surface area contributed by atoms with Crippen LogP contribution in [-0.4, -0.2) is 30.3 Å². The lowest BCUT2D eigenvalue weighted by Gasteiger charge is -2.15. The maximum absolute atomic E-state index is 13.9. The predicted octanol–water partition coefficient (Wildman–Crippen LogP) is 2.39. The van der Waals surface area contributed by atoms with Crippen molar-refractivity contribution >= 4 is 26.0 Å². The Kier molecular flexibility index (Phi) is 5.56. The molecule has 24 heavy (non-hydrogen) atoms. The molecule has 2 rings (SSSR count). The normalized spacial score (nSPS) is 13.1. The van der Waals surface area contributed by atoms with E-state index in [-0.39, 0.29) is 16.3 Å². The van der Waals surface area contributed by atoms with Gasteiger partial charge in [0.15, 0.2) is 5.82 Å². The Bertz CT molecular complexity index is 857. The number of benzene rings is 1. The number of hydrogen-bond donors (Lipinski definition) is 1. The number of aromatic nitrogens is 3. The van der Waals surface area contributed by atoms with Gasteiger partial charge in [0, 0.05) is 6.54 Å². The van der Waals surface area contributed by atoms with Crippen LogP contribution in [-0.2, 0) is 16.6 Å². The summed E-state index contributed by atoms with van der Waals surface area (Å²) >= 11 is 2.80. The number of sulfonamides is 1. The second kappa shape index (κ2) is 7.11. The fourth-order valence-corrected chi connectivity index (χ4v) is 3.72. The van der Waals surface area contributed by atoms with Crippen LogP contribution >= 0.6 is 15.9 Å². The molecule has 0 unspecified atom stereocenters. The van der Waals surface area contributed by atoms with Gasteiger partial charge in [0.2, 0.25) is 10.0 Å². The van der Waals surface area contributed by atoms with Crippen molar-refractivity contribution in [2.75, 3.05) is 7.11 Å². The molecule has 1 atom stereocenters. The molecule has 1 heterocycles. The van der Waals surface area contributed by atoms with Crippen molar-refractivity contribution in [1.29, 1.82) is 0 Å². The minimum absolute atomic E-state index is 0.164. The number of halogens is 3. The number of nitrogens with zero attached hydrogens (tertiary/aromatic N) is 3. The van der Waals surface area contributed by atoms with E-state index in [9.17, 15) is 17.2 Å². The Morgan fingerprint density at radius 2 is 2.00 bits per heavy atom. The summed E-state index contributed by atoms with van der Waals surface area (Å²) in [4.78, 5) is -0.787. The Morgan fingerprint density at radius 1 is 1.33 bits per heavy atom. The lowest BCUT2D eigenvalue weighted by molar-refractivity contribution is 0.354. The first kappa shape index (κ1) is 18.7. The first-order valence-electron chi connectivity index (χ1n) is 6.85. The molecule has 1 N–H and O–H groups in total. The summed E-state index contributed by atoms with van der Waals surface area (Å²) in [6.45, 7) is 3.76. The Balaban J connectivity index is 2.36. The van der Waals surface area contributed by atoms with Crippen molar-refractivity contribution in [2.24, 2.45) is 0 Å². The standard InChI is InChI=1S/C13H15BrF2N4O3S/c1-4-20-12(17-18-13(20)23-3)7(2)19-24(21,22)11-6-9(15)8(14)5-10(11)16/h5-7,19H,4H2,1-3H3/t7-/m1/s1. The van der Waals surface area contributed by atoms with Crippen LogP contribution in [0.2, 0.25) is 0 Å². The minimum Gasteiger partial charge on any atom is -0.467 e. The highest BCUT2D eigenvalue weighted by atomic mass is 79.9. The summed E-state index contributed by atoms with van der Waals surface area (Å²) < 4.78 is 60.9. The summed E-state index contributed by atoms with van der Waals surface area (Å²) in [6.07, 6.45) is 0. The average Bonchev–Trinajstić information content (AvgIpc) is 2.93. The molecule has 132 valence electrons. The van der Waals surface area contributed by atoms with Gasteiger partial charge in [0.25, 0.3) is 0 Å². The molecule has 0 aliphatic heterocycles. The van der Waals surface area contributed by atoms with E-state index in [0.29, 0.717) is 12.6 Å². The van der Waals surface area contributed by atoms with Gasteiger partial charge in [-0.2, -0.15) is 0 Å². The number of hydrogen-bond acceptors (Lipinski definition) is 5. The highest BCUT2D eigenvalue weighted by molar-refractivity contribution is 9.10. The zero-order chi connectivity index (χ0) is 18.1. The highest BCUT2D eigenvalue weighted by Gasteiger charge is 2.26. The molecule has 0 spiro atoms. The average molecular weight is 425 g/mol. The third kappa shape index (κ3) is 3.57. The Labute approximate surface area is 146 Å². The Hall–Kier alpha value is -1.59. The molecule has 0 amide bonds. The molecule has 1 aromatic carbocycles. The molecule has 0 saturated heterocycles. The van der Waals surface area contributed by atoms with E-state index < -0.39 is 32.6 Å². The van der Waals surface area contributed by atoms with Crippen LogP contribution in [0.1, 0.15) is 25.7 Å². The predicted molar refractivity (Wildman–Crippen MR) is 85.0 cm³/mol. The van der Waals surface area contributed by atoms with E-state index in [1.54, 1.807) is 11.5 Å². The van der Waals surface area contributed by atoms with E-state index in [4.69, 9.17) is 4.74 Å². The smallest absolute Gasteiger partial charge is 0.316 e. The monoisotopic (exact) mass is 424 g/mol. The molecule has 11 heteroatoms. The van der Waals surface area contributed by atoms with E-state index >= 15 is 0 Å². The number of nitrogens with one attached hydrogen (secondary N) is 1. The molecule has 0 bridgehead atoms. The SMILES string of the molecule is CCn1c(OC)nnc1[C@@H](C)NS(=O)(=O)c1cc(F)c(Br)cc1F. The number of ether oxygens (including phenoxy) is 1. The van der Waals surface area contributed by atoms with E-state index in [1.165, 1.54) is 14.0 Å². The van der Waals surface area contributed by atoms with Gasteiger partial charge in [-0.05, 0) is 41.9 Å². The fourth-order valence-electron chi connectivity index (χ4n) is 2.13. The molecule has 2 aromatic rings. The fraction of sp³-hybridized carbons (Fsp3) is 0.385. The number of rotatable bonds is 6.